The Bertz CT molecular complexity index is 488. The van der Waals surface area contributed by atoms with Crippen molar-refractivity contribution in [1.29, 1.82) is 0 Å². The van der Waals surface area contributed by atoms with Gasteiger partial charge in [-0.1, -0.05) is 6.42 Å². The van der Waals surface area contributed by atoms with Crippen LogP contribution in [0.25, 0.3) is 0 Å². The van der Waals surface area contributed by atoms with Crippen LogP contribution in [-0.4, -0.2) is 46.9 Å². The Kier molecular flexibility index (Phi) is 4.91. The van der Waals surface area contributed by atoms with Gasteiger partial charge in [-0.15, -0.1) is 11.3 Å². The molecule has 3 heterocycles. The van der Waals surface area contributed by atoms with Crippen LogP contribution in [0.3, 0.4) is 0 Å². The van der Waals surface area contributed by atoms with Crippen LogP contribution in [0.1, 0.15) is 58.9 Å². The fourth-order valence-corrected chi connectivity index (χ4v) is 4.34. The first-order valence-electron chi connectivity index (χ1n) is 8.22. The number of piperidine rings is 2. The van der Waals surface area contributed by atoms with Gasteiger partial charge in [-0.25, -0.2) is 4.98 Å². The molecule has 2 fully saturated rings. The highest BCUT2D eigenvalue weighted by Gasteiger charge is 2.23. The van der Waals surface area contributed by atoms with Gasteiger partial charge in [-0.2, -0.15) is 0 Å². The molecule has 3 rings (SSSR count). The maximum absolute atomic E-state index is 12.6. The number of nitrogens with zero attached hydrogens (tertiary/aromatic N) is 3. The van der Waals surface area contributed by atoms with Crippen LogP contribution < -0.4 is 0 Å². The molecular weight excluding hydrogens is 282 g/mol. The topological polar surface area (TPSA) is 36.4 Å². The average molecular weight is 307 g/mol. The Balaban J connectivity index is 1.66. The molecule has 0 spiro atoms. The number of aromatic nitrogens is 1. The van der Waals surface area contributed by atoms with E-state index in [2.05, 4.69) is 9.88 Å². The fourth-order valence-electron chi connectivity index (χ4n) is 3.27. The molecular formula is C16H25N3OS. The average Bonchev–Trinajstić information content (AvgIpc) is 2.89. The highest BCUT2D eigenvalue weighted by atomic mass is 32.1. The minimum Gasteiger partial charge on any atom is -0.338 e. The van der Waals surface area contributed by atoms with Crippen LogP contribution in [0.2, 0.25) is 0 Å². The molecule has 1 aromatic heterocycles. The summed E-state index contributed by atoms with van der Waals surface area (Å²) < 4.78 is 0. The molecule has 0 atom stereocenters. The van der Waals surface area contributed by atoms with Crippen molar-refractivity contribution >= 4 is 17.2 Å². The van der Waals surface area contributed by atoms with E-state index in [-0.39, 0.29) is 5.91 Å². The molecule has 4 nitrogen and oxygen atoms in total. The lowest BCUT2D eigenvalue weighted by molar-refractivity contribution is 0.0728. The van der Waals surface area contributed by atoms with Gasteiger partial charge in [0.05, 0.1) is 12.2 Å². The van der Waals surface area contributed by atoms with E-state index in [0.29, 0.717) is 0 Å². The third-order valence-electron chi connectivity index (χ3n) is 4.49. The number of rotatable bonds is 3. The predicted molar refractivity (Wildman–Crippen MR) is 85.7 cm³/mol. The molecule has 0 saturated carbocycles. The monoisotopic (exact) mass is 307 g/mol. The molecule has 116 valence electrons. The summed E-state index contributed by atoms with van der Waals surface area (Å²) in [4.78, 5) is 22.6. The van der Waals surface area contributed by atoms with E-state index in [1.807, 2.05) is 11.8 Å². The molecule has 0 N–H and O–H groups in total. The van der Waals surface area contributed by atoms with Crippen molar-refractivity contribution in [3.63, 3.8) is 0 Å². The van der Waals surface area contributed by atoms with Crippen LogP contribution >= 0.6 is 11.3 Å². The van der Waals surface area contributed by atoms with Crippen LogP contribution in [-0.2, 0) is 6.54 Å². The Hall–Kier alpha value is -0.940. The van der Waals surface area contributed by atoms with Crippen molar-refractivity contribution in [2.45, 2.75) is 52.0 Å². The van der Waals surface area contributed by atoms with Crippen LogP contribution in [0.5, 0.6) is 0 Å². The molecule has 21 heavy (non-hydrogen) atoms. The summed E-state index contributed by atoms with van der Waals surface area (Å²) in [5.74, 6) is 0.203. The zero-order chi connectivity index (χ0) is 14.7. The van der Waals surface area contributed by atoms with Crippen LogP contribution in [0.15, 0.2) is 0 Å². The highest BCUT2D eigenvalue weighted by molar-refractivity contribution is 7.13. The molecule has 2 saturated heterocycles. The first-order valence-corrected chi connectivity index (χ1v) is 9.03. The molecule has 1 amide bonds. The zero-order valence-corrected chi connectivity index (χ0v) is 13.8. The van der Waals surface area contributed by atoms with Gasteiger partial charge in [0.15, 0.2) is 0 Å². The second-order valence-electron chi connectivity index (χ2n) is 6.21. The third kappa shape index (κ3) is 3.64. The van der Waals surface area contributed by atoms with Crippen molar-refractivity contribution in [1.82, 2.24) is 14.8 Å². The molecule has 2 aliphatic heterocycles. The summed E-state index contributed by atoms with van der Waals surface area (Å²) in [5, 5.41) is 1.11. The lowest BCUT2D eigenvalue weighted by atomic mass is 10.1. The van der Waals surface area contributed by atoms with E-state index in [0.717, 1.165) is 48.1 Å². The first-order chi connectivity index (χ1) is 10.2. The minimum atomic E-state index is 0.203. The van der Waals surface area contributed by atoms with Gasteiger partial charge in [0, 0.05) is 13.1 Å². The van der Waals surface area contributed by atoms with Crippen molar-refractivity contribution < 1.29 is 4.79 Å². The van der Waals surface area contributed by atoms with E-state index in [1.165, 1.54) is 38.8 Å². The lowest BCUT2D eigenvalue weighted by Gasteiger charge is -2.26. The fraction of sp³-hybridized carbons (Fsp3) is 0.750. The van der Waals surface area contributed by atoms with Gasteiger partial charge >= 0.3 is 0 Å². The van der Waals surface area contributed by atoms with Crippen molar-refractivity contribution in [2.24, 2.45) is 0 Å². The summed E-state index contributed by atoms with van der Waals surface area (Å²) in [7, 11) is 0. The Labute approximate surface area is 131 Å². The predicted octanol–water partition coefficient (Wildman–Crippen LogP) is 3.06. The quantitative estimate of drug-likeness (QED) is 0.861. The second-order valence-corrected chi connectivity index (χ2v) is 7.30. The summed E-state index contributed by atoms with van der Waals surface area (Å²) in [6, 6.07) is 0. The van der Waals surface area contributed by atoms with Gasteiger partial charge in [-0.05, 0) is 52.1 Å². The van der Waals surface area contributed by atoms with Gasteiger partial charge in [-0.3, -0.25) is 9.69 Å². The number of hydrogen-bond donors (Lipinski definition) is 0. The highest BCUT2D eigenvalue weighted by Crippen LogP contribution is 2.24. The van der Waals surface area contributed by atoms with E-state index < -0.39 is 0 Å². The Morgan fingerprint density at radius 1 is 1.05 bits per heavy atom. The molecule has 0 radical (unpaired) electrons. The maximum atomic E-state index is 12.6. The second kappa shape index (κ2) is 6.88. The van der Waals surface area contributed by atoms with Gasteiger partial charge in [0.1, 0.15) is 9.88 Å². The van der Waals surface area contributed by atoms with Crippen molar-refractivity contribution in [2.75, 3.05) is 26.2 Å². The number of carbonyl (C=O) groups excluding carboxylic acids is 1. The maximum Gasteiger partial charge on any atom is 0.265 e. The first kappa shape index (κ1) is 15.0. The van der Waals surface area contributed by atoms with Crippen molar-refractivity contribution in [3.8, 4) is 0 Å². The number of hydrogen-bond acceptors (Lipinski definition) is 4. The van der Waals surface area contributed by atoms with E-state index in [9.17, 15) is 4.79 Å². The molecule has 0 aromatic carbocycles. The molecule has 0 bridgehead atoms. The number of amides is 1. The molecule has 5 heteroatoms. The smallest absolute Gasteiger partial charge is 0.265 e. The Morgan fingerprint density at radius 2 is 1.67 bits per heavy atom. The lowest BCUT2D eigenvalue weighted by Crippen LogP contribution is -2.35. The number of likely N-dealkylation sites (tertiary alicyclic amines) is 2. The Morgan fingerprint density at radius 3 is 2.33 bits per heavy atom. The molecule has 0 unspecified atom stereocenters. The summed E-state index contributed by atoms with van der Waals surface area (Å²) in [6.45, 7) is 7.07. The zero-order valence-electron chi connectivity index (χ0n) is 12.9. The van der Waals surface area contributed by atoms with E-state index in [4.69, 9.17) is 0 Å². The molecule has 2 aliphatic rings. The van der Waals surface area contributed by atoms with Gasteiger partial charge in [0.25, 0.3) is 5.91 Å². The van der Waals surface area contributed by atoms with E-state index >= 15 is 0 Å². The molecule has 1 aromatic rings. The van der Waals surface area contributed by atoms with E-state index in [1.54, 1.807) is 11.3 Å². The summed E-state index contributed by atoms with van der Waals surface area (Å²) in [6.07, 6.45) is 7.49. The summed E-state index contributed by atoms with van der Waals surface area (Å²) in [5.41, 5.74) is 0.919. The van der Waals surface area contributed by atoms with Crippen LogP contribution in [0.4, 0.5) is 0 Å². The normalized spacial score (nSPS) is 20.7. The molecule has 0 aliphatic carbocycles. The minimum absolute atomic E-state index is 0.203. The number of carbonyl (C=O) groups is 1. The summed E-state index contributed by atoms with van der Waals surface area (Å²) >= 11 is 1.61. The standard InChI is InChI=1S/C16H25N3OS/c1-13-15(16(20)19-10-6-3-7-11-19)21-14(17-13)12-18-8-4-2-5-9-18/h2-12H2,1H3. The largest absolute Gasteiger partial charge is 0.338 e. The number of aryl methyl sites for hydroxylation is 1. The number of thiazole rings is 1. The van der Waals surface area contributed by atoms with Gasteiger partial charge < -0.3 is 4.90 Å². The van der Waals surface area contributed by atoms with Crippen LogP contribution in [0, 0.1) is 6.92 Å². The third-order valence-corrected chi connectivity index (χ3v) is 5.62. The van der Waals surface area contributed by atoms with Crippen molar-refractivity contribution in [3.05, 3.63) is 15.6 Å². The SMILES string of the molecule is Cc1nc(CN2CCCCC2)sc1C(=O)N1CCCCC1. The van der Waals surface area contributed by atoms with Gasteiger partial charge in [0.2, 0.25) is 0 Å².